The fourth-order valence-corrected chi connectivity index (χ4v) is 9.35. The second kappa shape index (κ2) is 13.5. The van der Waals surface area contributed by atoms with Crippen LogP contribution < -0.4 is 4.90 Å². The fraction of sp³-hybridized carbons (Fsp3) is 0.0545. The van der Waals surface area contributed by atoms with Gasteiger partial charge in [-0.05, 0) is 111 Å². The molecular formula is C55H40N2. The van der Waals surface area contributed by atoms with E-state index in [1.165, 1.54) is 94.6 Å². The van der Waals surface area contributed by atoms with Gasteiger partial charge in [-0.3, -0.25) is 0 Å². The fourth-order valence-electron chi connectivity index (χ4n) is 9.35. The molecule has 0 radical (unpaired) electrons. The van der Waals surface area contributed by atoms with Crippen molar-refractivity contribution in [2.24, 2.45) is 5.92 Å². The third kappa shape index (κ3) is 5.56. The summed E-state index contributed by atoms with van der Waals surface area (Å²) in [6.07, 6.45) is 6.95. The molecule has 0 N–H and O–H groups in total. The Balaban J connectivity index is 1.01. The lowest BCUT2D eigenvalue weighted by Gasteiger charge is -2.27. The summed E-state index contributed by atoms with van der Waals surface area (Å²) in [5.41, 5.74) is 18.6. The number of benzene rings is 8. The molecule has 0 saturated carbocycles. The summed E-state index contributed by atoms with van der Waals surface area (Å²) in [6, 6.07) is 70.9. The van der Waals surface area contributed by atoms with Gasteiger partial charge < -0.3 is 9.47 Å². The van der Waals surface area contributed by atoms with Crippen LogP contribution in [0.4, 0.5) is 11.4 Å². The third-order valence-corrected chi connectivity index (χ3v) is 12.1. The van der Waals surface area contributed by atoms with Crippen molar-refractivity contribution in [2.45, 2.75) is 12.8 Å². The number of rotatable bonds is 6. The Morgan fingerprint density at radius 2 is 0.965 bits per heavy atom. The molecule has 8 aromatic carbocycles. The van der Waals surface area contributed by atoms with Gasteiger partial charge in [0, 0.05) is 33.8 Å². The number of para-hydroxylation sites is 1. The van der Waals surface area contributed by atoms with Gasteiger partial charge in [-0.15, -0.1) is 0 Å². The van der Waals surface area contributed by atoms with Crippen LogP contribution in [-0.2, 0) is 0 Å². The minimum atomic E-state index is 0.240. The molecule has 2 atom stereocenters. The molecule has 1 aromatic heterocycles. The first kappa shape index (κ1) is 33.2. The van der Waals surface area contributed by atoms with Gasteiger partial charge in [0.15, 0.2) is 0 Å². The normalized spacial score (nSPS) is 15.8. The van der Waals surface area contributed by atoms with Crippen LogP contribution in [0.5, 0.6) is 0 Å². The number of hydrogen-bond donors (Lipinski definition) is 0. The van der Waals surface area contributed by atoms with Gasteiger partial charge in [0.1, 0.15) is 0 Å². The Bertz CT molecular complexity index is 3000. The highest BCUT2D eigenvalue weighted by Crippen LogP contribution is 2.56. The van der Waals surface area contributed by atoms with Gasteiger partial charge in [0.25, 0.3) is 0 Å². The highest BCUT2D eigenvalue weighted by molar-refractivity contribution is 6.14. The maximum absolute atomic E-state index is 2.51. The predicted molar refractivity (Wildman–Crippen MR) is 240 cm³/mol. The summed E-state index contributed by atoms with van der Waals surface area (Å²) in [4.78, 5) is 2.51. The van der Waals surface area contributed by atoms with E-state index in [9.17, 15) is 0 Å². The molecule has 2 unspecified atom stereocenters. The molecule has 270 valence electrons. The van der Waals surface area contributed by atoms with Gasteiger partial charge in [0.05, 0.1) is 16.7 Å². The van der Waals surface area contributed by atoms with Crippen LogP contribution >= 0.6 is 0 Å². The van der Waals surface area contributed by atoms with E-state index < -0.39 is 0 Å². The highest BCUT2D eigenvalue weighted by atomic mass is 15.2. The molecule has 0 amide bonds. The first-order chi connectivity index (χ1) is 28.2. The SMILES string of the molecule is CC1C=CC=C2C1c1c(ccc3c1c1ccccc1n3-c1cccc(-c3ccc(-c4ccccc4)cc3)c1)N2c1ccc(-c2cccc(-c3ccccc3)c2)cc1. The van der Waals surface area contributed by atoms with Gasteiger partial charge in [-0.1, -0.05) is 165 Å². The van der Waals surface area contributed by atoms with Crippen molar-refractivity contribution < 1.29 is 0 Å². The lowest BCUT2D eigenvalue weighted by atomic mass is 9.82. The molecule has 2 heterocycles. The first-order valence-corrected chi connectivity index (χ1v) is 20.0. The molecule has 1 aliphatic carbocycles. The molecule has 0 bridgehead atoms. The molecule has 0 spiro atoms. The second-order valence-corrected chi connectivity index (χ2v) is 15.4. The summed E-state index contributed by atoms with van der Waals surface area (Å²) < 4.78 is 2.47. The Hall–Kier alpha value is -7.16. The number of nitrogens with zero attached hydrogens (tertiary/aromatic N) is 2. The number of fused-ring (bicyclic) bond motifs is 7. The van der Waals surface area contributed by atoms with Crippen molar-refractivity contribution in [3.8, 4) is 50.2 Å². The van der Waals surface area contributed by atoms with Crippen molar-refractivity contribution in [3.05, 3.63) is 224 Å². The molecule has 1 aliphatic heterocycles. The summed E-state index contributed by atoms with van der Waals surface area (Å²) in [5, 5.41) is 2.63. The van der Waals surface area contributed by atoms with Crippen molar-refractivity contribution in [1.29, 1.82) is 0 Å². The maximum Gasteiger partial charge on any atom is 0.0545 e. The van der Waals surface area contributed by atoms with Crippen LogP contribution in [0.3, 0.4) is 0 Å². The van der Waals surface area contributed by atoms with E-state index in [2.05, 4.69) is 229 Å². The Morgan fingerprint density at radius 3 is 1.67 bits per heavy atom. The summed E-state index contributed by atoms with van der Waals surface area (Å²) in [5.74, 6) is 0.591. The van der Waals surface area contributed by atoms with Crippen molar-refractivity contribution >= 4 is 33.2 Å². The van der Waals surface area contributed by atoms with Crippen LogP contribution in [-0.4, -0.2) is 4.57 Å². The number of allylic oxidation sites excluding steroid dienone is 4. The quantitative estimate of drug-likeness (QED) is 0.165. The summed E-state index contributed by atoms with van der Waals surface area (Å²) >= 11 is 0. The van der Waals surface area contributed by atoms with Crippen molar-refractivity contribution in [1.82, 2.24) is 4.57 Å². The molecule has 0 fully saturated rings. The van der Waals surface area contributed by atoms with Crippen LogP contribution in [0.25, 0.3) is 72.0 Å². The van der Waals surface area contributed by atoms with Crippen LogP contribution in [0.2, 0.25) is 0 Å². The predicted octanol–water partition coefficient (Wildman–Crippen LogP) is 14.8. The molecule has 0 saturated heterocycles. The lowest BCUT2D eigenvalue weighted by molar-refractivity contribution is 0.622. The van der Waals surface area contributed by atoms with Crippen LogP contribution in [0.15, 0.2) is 218 Å². The summed E-state index contributed by atoms with van der Waals surface area (Å²) in [6.45, 7) is 2.37. The average Bonchev–Trinajstić information content (AvgIpc) is 3.81. The largest absolute Gasteiger partial charge is 0.313 e. The van der Waals surface area contributed by atoms with E-state index >= 15 is 0 Å². The van der Waals surface area contributed by atoms with Gasteiger partial charge in [-0.2, -0.15) is 0 Å². The van der Waals surface area contributed by atoms with Gasteiger partial charge in [0.2, 0.25) is 0 Å². The lowest BCUT2D eigenvalue weighted by Crippen LogP contribution is -2.18. The first-order valence-electron chi connectivity index (χ1n) is 20.0. The van der Waals surface area contributed by atoms with E-state index in [0.29, 0.717) is 5.92 Å². The van der Waals surface area contributed by atoms with Crippen LogP contribution in [0.1, 0.15) is 18.4 Å². The average molecular weight is 729 g/mol. The highest BCUT2D eigenvalue weighted by Gasteiger charge is 2.40. The van der Waals surface area contributed by atoms with E-state index in [0.717, 1.165) is 0 Å². The number of aromatic nitrogens is 1. The Morgan fingerprint density at radius 1 is 0.421 bits per heavy atom. The van der Waals surface area contributed by atoms with E-state index in [-0.39, 0.29) is 5.92 Å². The van der Waals surface area contributed by atoms with Crippen molar-refractivity contribution in [2.75, 3.05) is 4.90 Å². The van der Waals surface area contributed by atoms with E-state index in [1.54, 1.807) is 0 Å². The molecule has 57 heavy (non-hydrogen) atoms. The third-order valence-electron chi connectivity index (χ3n) is 12.1. The maximum atomic E-state index is 2.51. The van der Waals surface area contributed by atoms with Gasteiger partial charge in [-0.25, -0.2) is 0 Å². The molecule has 9 aromatic rings. The molecule has 2 heteroatoms. The topological polar surface area (TPSA) is 8.17 Å². The standard InChI is InChI=1S/C55H40N2/c1-37-13-10-24-50-53(37)55-52(56(50)46-31-29-42(30-32-46)44-19-11-18-43(35-44)39-16-6-3-7-17-39)34-33-51-54(55)48-22-8-9-23-49(48)57(51)47-21-12-20-45(36-47)41-27-25-40(26-28-41)38-14-4-2-5-15-38/h2-37,53H,1H3. The zero-order valence-corrected chi connectivity index (χ0v) is 31.8. The van der Waals surface area contributed by atoms with E-state index in [1.807, 2.05) is 0 Å². The zero-order chi connectivity index (χ0) is 37.9. The second-order valence-electron chi connectivity index (χ2n) is 15.4. The Labute approximate surface area is 333 Å². The van der Waals surface area contributed by atoms with E-state index in [4.69, 9.17) is 0 Å². The minimum absolute atomic E-state index is 0.240. The zero-order valence-electron chi connectivity index (χ0n) is 31.8. The Kier molecular flexibility index (Phi) is 7.89. The molecular weight excluding hydrogens is 689 g/mol. The van der Waals surface area contributed by atoms with Gasteiger partial charge >= 0.3 is 0 Å². The molecule has 2 aliphatic rings. The summed E-state index contributed by atoms with van der Waals surface area (Å²) in [7, 11) is 0. The number of hydrogen-bond acceptors (Lipinski definition) is 1. The van der Waals surface area contributed by atoms with Crippen molar-refractivity contribution in [3.63, 3.8) is 0 Å². The molecule has 11 rings (SSSR count). The van der Waals surface area contributed by atoms with Crippen LogP contribution in [0, 0.1) is 5.92 Å². The number of anilines is 2. The smallest absolute Gasteiger partial charge is 0.0545 e. The molecule has 2 nitrogen and oxygen atoms in total. The minimum Gasteiger partial charge on any atom is -0.313 e. The monoisotopic (exact) mass is 728 g/mol.